The van der Waals surface area contributed by atoms with Crippen LogP contribution in [-0.4, -0.2) is 49.0 Å². The molecule has 0 spiro atoms. The molecule has 0 aliphatic carbocycles. The van der Waals surface area contributed by atoms with Gasteiger partial charge in [0.2, 0.25) is 5.91 Å². The Morgan fingerprint density at radius 2 is 2.11 bits per heavy atom. The van der Waals surface area contributed by atoms with Crippen molar-refractivity contribution >= 4 is 15.7 Å². The number of nitrogens with one attached hydrogen (secondary N) is 1. The first kappa shape index (κ1) is 14.8. The zero-order valence-electron chi connectivity index (χ0n) is 11.9. The van der Waals surface area contributed by atoms with Crippen LogP contribution in [0, 0.1) is 5.92 Å². The van der Waals surface area contributed by atoms with E-state index < -0.39 is 9.84 Å². The molecule has 2 heterocycles. The van der Waals surface area contributed by atoms with Crippen LogP contribution in [0.4, 0.5) is 0 Å². The molecule has 2 saturated heterocycles. The van der Waals surface area contributed by atoms with E-state index in [-0.39, 0.29) is 41.6 Å². The molecule has 2 fully saturated rings. The number of nitrogens with zero attached hydrogens (tertiary/aromatic N) is 1. The standard InChI is InChI=1S/C13H24N2O3S/c1-4-5-11-14-12(9(2)3)13(16)15(11)10-6-7-19(17,18)8-10/h9-12,14H,4-8H2,1-3H3. The molecule has 2 aliphatic rings. The van der Waals surface area contributed by atoms with Gasteiger partial charge >= 0.3 is 0 Å². The van der Waals surface area contributed by atoms with Crippen LogP contribution in [0.5, 0.6) is 0 Å². The summed E-state index contributed by atoms with van der Waals surface area (Å²) in [5, 5.41) is 3.38. The molecule has 3 atom stereocenters. The molecule has 0 aromatic heterocycles. The summed E-state index contributed by atoms with van der Waals surface area (Å²) in [4.78, 5) is 14.3. The third-order valence-electron chi connectivity index (χ3n) is 4.06. The molecule has 1 N–H and O–H groups in total. The fourth-order valence-corrected chi connectivity index (χ4v) is 4.79. The lowest BCUT2D eigenvalue weighted by molar-refractivity contribution is -0.132. The van der Waals surface area contributed by atoms with Crippen LogP contribution >= 0.6 is 0 Å². The van der Waals surface area contributed by atoms with E-state index >= 15 is 0 Å². The number of hydrogen-bond donors (Lipinski definition) is 1. The van der Waals surface area contributed by atoms with Crippen molar-refractivity contribution in [3.63, 3.8) is 0 Å². The summed E-state index contributed by atoms with van der Waals surface area (Å²) in [6, 6.07) is -0.301. The Morgan fingerprint density at radius 1 is 1.42 bits per heavy atom. The predicted molar refractivity (Wildman–Crippen MR) is 74.4 cm³/mol. The second-order valence-electron chi connectivity index (χ2n) is 6.00. The monoisotopic (exact) mass is 288 g/mol. The molecule has 2 aliphatic heterocycles. The van der Waals surface area contributed by atoms with Crippen LogP contribution in [0.15, 0.2) is 0 Å². The number of sulfone groups is 1. The van der Waals surface area contributed by atoms with Gasteiger partial charge in [-0.1, -0.05) is 27.2 Å². The first-order chi connectivity index (χ1) is 8.85. The smallest absolute Gasteiger partial charge is 0.241 e. The lowest BCUT2D eigenvalue weighted by Crippen LogP contribution is -2.45. The van der Waals surface area contributed by atoms with E-state index in [2.05, 4.69) is 12.2 Å². The highest BCUT2D eigenvalue weighted by molar-refractivity contribution is 7.91. The van der Waals surface area contributed by atoms with Crippen molar-refractivity contribution in [2.75, 3.05) is 11.5 Å². The summed E-state index contributed by atoms with van der Waals surface area (Å²) in [5.41, 5.74) is 0. The molecule has 6 heteroatoms. The van der Waals surface area contributed by atoms with Crippen LogP contribution in [-0.2, 0) is 14.6 Å². The van der Waals surface area contributed by atoms with Gasteiger partial charge in [0.15, 0.2) is 9.84 Å². The summed E-state index contributed by atoms with van der Waals surface area (Å²) in [7, 11) is -2.95. The Kier molecular flexibility index (Phi) is 4.20. The van der Waals surface area contributed by atoms with Gasteiger partial charge in [-0.2, -0.15) is 0 Å². The van der Waals surface area contributed by atoms with Crippen molar-refractivity contribution < 1.29 is 13.2 Å². The maximum atomic E-state index is 12.5. The van der Waals surface area contributed by atoms with Crippen molar-refractivity contribution in [3.05, 3.63) is 0 Å². The number of carbonyl (C=O) groups is 1. The van der Waals surface area contributed by atoms with Gasteiger partial charge in [0, 0.05) is 6.04 Å². The first-order valence-corrected chi connectivity index (χ1v) is 8.96. The van der Waals surface area contributed by atoms with Crippen molar-refractivity contribution in [1.29, 1.82) is 0 Å². The second-order valence-corrected chi connectivity index (χ2v) is 8.22. The first-order valence-electron chi connectivity index (χ1n) is 7.14. The van der Waals surface area contributed by atoms with Crippen molar-refractivity contribution in [1.82, 2.24) is 10.2 Å². The van der Waals surface area contributed by atoms with E-state index in [1.807, 2.05) is 18.7 Å². The third kappa shape index (κ3) is 2.94. The predicted octanol–water partition coefficient (Wildman–Crippen LogP) is 0.756. The van der Waals surface area contributed by atoms with E-state index in [9.17, 15) is 13.2 Å². The third-order valence-corrected chi connectivity index (χ3v) is 5.81. The molecule has 0 radical (unpaired) electrons. The average molecular weight is 288 g/mol. The van der Waals surface area contributed by atoms with Gasteiger partial charge in [-0.3, -0.25) is 10.1 Å². The molecular weight excluding hydrogens is 264 g/mol. The van der Waals surface area contributed by atoms with Gasteiger partial charge < -0.3 is 4.90 Å². The quantitative estimate of drug-likeness (QED) is 0.829. The highest BCUT2D eigenvalue weighted by Crippen LogP contribution is 2.27. The minimum Gasteiger partial charge on any atom is -0.322 e. The molecule has 1 amide bonds. The molecule has 0 aromatic carbocycles. The Balaban J connectivity index is 2.18. The number of rotatable bonds is 4. The van der Waals surface area contributed by atoms with E-state index in [1.165, 1.54) is 0 Å². The van der Waals surface area contributed by atoms with Gasteiger partial charge in [0.05, 0.1) is 23.7 Å². The fraction of sp³-hybridized carbons (Fsp3) is 0.923. The molecular formula is C13H24N2O3S. The molecule has 5 nitrogen and oxygen atoms in total. The molecule has 0 saturated carbocycles. The van der Waals surface area contributed by atoms with Gasteiger partial charge in [0.1, 0.15) is 0 Å². The average Bonchev–Trinajstić information content (AvgIpc) is 2.80. The Morgan fingerprint density at radius 3 is 2.58 bits per heavy atom. The van der Waals surface area contributed by atoms with E-state index in [4.69, 9.17) is 0 Å². The number of hydrogen-bond acceptors (Lipinski definition) is 4. The van der Waals surface area contributed by atoms with E-state index in [0.717, 1.165) is 12.8 Å². The maximum absolute atomic E-state index is 12.5. The largest absolute Gasteiger partial charge is 0.322 e. The van der Waals surface area contributed by atoms with Gasteiger partial charge in [-0.25, -0.2) is 8.42 Å². The van der Waals surface area contributed by atoms with Gasteiger partial charge in [0.25, 0.3) is 0 Å². The summed E-state index contributed by atoms with van der Waals surface area (Å²) in [6.07, 6.45) is 2.45. The highest BCUT2D eigenvalue weighted by atomic mass is 32.2. The summed E-state index contributed by atoms with van der Waals surface area (Å²) >= 11 is 0. The van der Waals surface area contributed by atoms with Gasteiger partial charge in [-0.15, -0.1) is 0 Å². The van der Waals surface area contributed by atoms with Crippen LogP contribution in [0.25, 0.3) is 0 Å². The normalized spacial score (nSPS) is 34.4. The molecule has 2 rings (SSSR count). The van der Waals surface area contributed by atoms with Crippen molar-refractivity contribution in [2.24, 2.45) is 5.92 Å². The SMILES string of the molecule is CCCC1NC(C(C)C)C(=O)N1C1CCS(=O)(=O)C1. The number of amides is 1. The topological polar surface area (TPSA) is 66.5 Å². The Hall–Kier alpha value is -0.620. The molecule has 3 unspecified atom stereocenters. The van der Waals surface area contributed by atoms with Crippen LogP contribution in [0.2, 0.25) is 0 Å². The lowest BCUT2D eigenvalue weighted by atomic mass is 10.0. The molecule has 19 heavy (non-hydrogen) atoms. The number of carbonyl (C=O) groups excluding carboxylic acids is 1. The zero-order valence-corrected chi connectivity index (χ0v) is 12.7. The van der Waals surface area contributed by atoms with Crippen molar-refractivity contribution in [2.45, 2.75) is 58.3 Å². The molecule has 110 valence electrons. The lowest BCUT2D eigenvalue weighted by Gasteiger charge is -2.29. The zero-order chi connectivity index (χ0) is 14.2. The van der Waals surface area contributed by atoms with Crippen LogP contribution in [0.3, 0.4) is 0 Å². The van der Waals surface area contributed by atoms with E-state index in [1.54, 1.807) is 0 Å². The van der Waals surface area contributed by atoms with E-state index in [0.29, 0.717) is 6.42 Å². The molecule has 0 bridgehead atoms. The minimum absolute atomic E-state index is 0.00296. The fourth-order valence-electron chi connectivity index (χ4n) is 3.08. The summed E-state index contributed by atoms with van der Waals surface area (Å²) in [6.45, 7) is 6.12. The Bertz CT molecular complexity index is 447. The van der Waals surface area contributed by atoms with Crippen LogP contribution in [0.1, 0.15) is 40.0 Å². The van der Waals surface area contributed by atoms with Crippen molar-refractivity contribution in [3.8, 4) is 0 Å². The highest BCUT2D eigenvalue weighted by Gasteiger charge is 2.46. The summed E-state index contributed by atoms with van der Waals surface area (Å²) < 4.78 is 23.3. The van der Waals surface area contributed by atoms with Crippen LogP contribution < -0.4 is 5.32 Å². The molecule has 0 aromatic rings. The second kappa shape index (κ2) is 5.40. The summed E-state index contributed by atoms with van der Waals surface area (Å²) in [5.74, 6) is 0.656. The maximum Gasteiger partial charge on any atom is 0.241 e. The minimum atomic E-state index is -2.95. The Labute approximate surface area is 115 Å². The van der Waals surface area contributed by atoms with Gasteiger partial charge in [-0.05, 0) is 18.8 Å².